The van der Waals surface area contributed by atoms with E-state index in [4.69, 9.17) is 18.9 Å². The number of aliphatic imine (C=N–C) groups is 1. The molecule has 0 radical (unpaired) electrons. The number of nitrogens with zero attached hydrogens (tertiary/aromatic N) is 1. The van der Waals surface area contributed by atoms with Crippen molar-refractivity contribution in [2.75, 3.05) is 46.3 Å². The third-order valence-corrected chi connectivity index (χ3v) is 4.31. The monoisotopic (exact) mass is 444 g/mol. The van der Waals surface area contributed by atoms with Crippen LogP contribution in [-0.4, -0.2) is 52.9 Å². The molecule has 0 unspecified atom stereocenters. The first-order valence-corrected chi connectivity index (χ1v) is 10.3. The van der Waals surface area contributed by atoms with E-state index in [0.29, 0.717) is 54.3 Å². The zero-order valence-electron chi connectivity index (χ0n) is 19.3. The molecule has 0 saturated carbocycles. The van der Waals surface area contributed by atoms with Crippen LogP contribution in [-0.2, 0) is 11.3 Å². The van der Waals surface area contributed by atoms with E-state index in [-0.39, 0.29) is 5.91 Å². The summed E-state index contributed by atoms with van der Waals surface area (Å²) in [6.45, 7) is 5.59. The van der Waals surface area contributed by atoms with E-state index in [1.807, 2.05) is 37.3 Å². The van der Waals surface area contributed by atoms with Gasteiger partial charge in [0, 0.05) is 25.2 Å². The number of rotatable bonds is 11. The van der Waals surface area contributed by atoms with Gasteiger partial charge in [0.05, 0.1) is 34.4 Å². The van der Waals surface area contributed by atoms with E-state index < -0.39 is 0 Å². The van der Waals surface area contributed by atoms with Gasteiger partial charge in [0.1, 0.15) is 12.4 Å². The highest BCUT2D eigenvalue weighted by atomic mass is 16.5. The van der Waals surface area contributed by atoms with Gasteiger partial charge in [0.25, 0.3) is 0 Å². The number of hydrogen-bond donors (Lipinski definition) is 3. The summed E-state index contributed by atoms with van der Waals surface area (Å²) in [6, 6.07) is 11.0. The molecule has 2 rings (SSSR count). The van der Waals surface area contributed by atoms with Gasteiger partial charge in [-0.05, 0) is 36.8 Å². The van der Waals surface area contributed by atoms with E-state index >= 15 is 0 Å². The largest absolute Gasteiger partial charge is 0.493 e. The van der Waals surface area contributed by atoms with Crippen molar-refractivity contribution in [1.82, 2.24) is 10.6 Å². The summed E-state index contributed by atoms with van der Waals surface area (Å²) in [4.78, 5) is 15.8. The number of hydrogen-bond acceptors (Lipinski definition) is 6. The molecule has 0 aliphatic rings. The van der Waals surface area contributed by atoms with Crippen LogP contribution in [0.15, 0.2) is 41.4 Å². The summed E-state index contributed by atoms with van der Waals surface area (Å²) in [6.07, 6.45) is 0. The fourth-order valence-corrected chi connectivity index (χ4v) is 2.94. The van der Waals surface area contributed by atoms with Crippen molar-refractivity contribution in [3.63, 3.8) is 0 Å². The van der Waals surface area contributed by atoms with Crippen LogP contribution in [0.2, 0.25) is 0 Å². The Kier molecular flexibility index (Phi) is 9.96. The van der Waals surface area contributed by atoms with E-state index in [1.54, 1.807) is 27.4 Å². The molecule has 0 spiro atoms. The predicted octanol–water partition coefficient (Wildman–Crippen LogP) is 2.80. The third-order valence-electron chi connectivity index (χ3n) is 4.31. The number of benzene rings is 2. The fraction of sp³-hybridized carbons (Fsp3) is 0.391. The molecule has 0 heterocycles. The summed E-state index contributed by atoms with van der Waals surface area (Å²) in [5.41, 5.74) is 1.62. The summed E-state index contributed by atoms with van der Waals surface area (Å²) in [7, 11) is 4.74. The van der Waals surface area contributed by atoms with Gasteiger partial charge >= 0.3 is 0 Å². The van der Waals surface area contributed by atoms with E-state index in [9.17, 15) is 4.79 Å². The number of amides is 1. The molecule has 9 heteroatoms. The molecule has 1 amide bonds. The molecule has 3 N–H and O–H groups in total. The minimum Gasteiger partial charge on any atom is -0.493 e. The summed E-state index contributed by atoms with van der Waals surface area (Å²) in [5.74, 6) is 2.94. The van der Waals surface area contributed by atoms with Crippen LogP contribution in [0.5, 0.6) is 23.0 Å². The minimum absolute atomic E-state index is 0.123. The van der Waals surface area contributed by atoms with E-state index in [0.717, 1.165) is 12.1 Å². The second kappa shape index (κ2) is 12.9. The zero-order chi connectivity index (χ0) is 23.3. The molecule has 32 heavy (non-hydrogen) atoms. The lowest BCUT2D eigenvalue weighted by Crippen LogP contribution is -2.39. The SMILES string of the molecule is CCNC(=NCc1cc(OC)c(OC)c(OC)c1)NCCOc1cccc(NC(C)=O)c1. The van der Waals surface area contributed by atoms with Crippen molar-refractivity contribution < 1.29 is 23.7 Å². The first-order valence-electron chi connectivity index (χ1n) is 10.3. The van der Waals surface area contributed by atoms with Crippen LogP contribution in [0.4, 0.5) is 5.69 Å². The molecule has 0 aliphatic carbocycles. The quantitative estimate of drug-likeness (QED) is 0.278. The minimum atomic E-state index is -0.123. The second-order valence-electron chi connectivity index (χ2n) is 6.71. The summed E-state index contributed by atoms with van der Waals surface area (Å²) < 4.78 is 21.9. The molecule has 0 fully saturated rings. The smallest absolute Gasteiger partial charge is 0.221 e. The third kappa shape index (κ3) is 7.57. The van der Waals surface area contributed by atoms with Crippen molar-refractivity contribution in [1.29, 1.82) is 0 Å². The van der Waals surface area contributed by atoms with Gasteiger partial charge < -0.3 is 34.9 Å². The number of guanidine groups is 1. The highest BCUT2D eigenvalue weighted by molar-refractivity contribution is 5.88. The Hall–Kier alpha value is -3.62. The van der Waals surface area contributed by atoms with Crippen LogP contribution in [0.1, 0.15) is 19.4 Å². The Morgan fingerprint density at radius 2 is 1.72 bits per heavy atom. The summed E-state index contributed by atoms with van der Waals surface area (Å²) in [5, 5.41) is 9.19. The Morgan fingerprint density at radius 3 is 2.31 bits per heavy atom. The van der Waals surface area contributed by atoms with E-state index in [1.165, 1.54) is 6.92 Å². The molecular formula is C23H32N4O5. The zero-order valence-corrected chi connectivity index (χ0v) is 19.3. The lowest BCUT2D eigenvalue weighted by Gasteiger charge is -2.15. The Morgan fingerprint density at radius 1 is 1.00 bits per heavy atom. The molecule has 0 saturated heterocycles. The number of anilines is 1. The van der Waals surface area contributed by atoms with Crippen molar-refractivity contribution in [3.8, 4) is 23.0 Å². The first-order chi connectivity index (χ1) is 15.5. The fourth-order valence-electron chi connectivity index (χ4n) is 2.94. The number of methoxy groups -OCH3 is 3. The van der Waals surface area contributed by atoms with Crippen LogP contribution >= 0.6 is 0 Å². The molecule has 9 nitrogen and oxygen atoms in total. The lowest BCUT2D eigenvalue weighted by molar-refractivity contribution is -0.114. The standard InChI is InChI=1S/C23H32N4O5/c1-6-24-23(25-10-11-32-19-9-7-8-18(14-19)27-16(2)28)26-15-17-12-20(29-3)22(31-5)21(13-17)30-4/h7-9,12-14H,6,10-11,15H2,1-5H3,(H,27,28)(H2,24,25,26). The Labute approximate surface area is 189 Å². The Balaban J connectivity index is 1.95. The normalized spacial score (nSPS) is 10.8. The first kappa shape index (κ1) is 24.6. The maximum absolute atomic E-state index is 11.2. The molecular weight excluding hydrogens is 412 g/mol. The van der Waals surface area contributed by atoms with E-state index in [2.05, 4.69) is 20.9 Å². The molecule has 174 valence electrons. The molecule has 0 aliphatic heterocycles. The van der Waals surface area contributed by atoms with Crippen molar-refractivity contribution in [2.45, 2.75) is 20.4 Å². The highest BCUT2D eigenvalue weighted by Crippen LogP contribution is 2.38. The molecule has 0 aromatic heterocycles. The molecule has 0 bridgehead atoms. The molecule has 2 aromatic rings. The predicted molar refractivity (Wildman–Crippen MR) is 125 cm³/mol. The maximum Gasteiger partial charge on any atom is 0.221 e. The molecule has 2 aromatic carbocycles. The maximum atomic E-state index is 11.2. The number of nitrogens with one attached hydrogen (secondary N) is 3. The van der Waals surface area contributed by atoms with Gasteiger partial charge in [0.2, 0.25) is 11.7 Å². The average Bonchev–Trinajstić information content (AvgIpc) is 2.79. The van der Waals surface area contributed by atoms with Crippen molar-refractivity contribution in [2.24, 2.45) is 4.99 Å². The van der Waals surface area contributed by atoms with Gasteiger partial charge in [-0.25, -0.2) is 4.99 Å². The van der Waals surface area contributed by atoms with Gasteiger partial charge in [0.15, 0.2) is 17.5 Å². The van der Waals surface area contributed by atoms with Crippen LogP contribution in [0.25, 0.3) is 0 Å². The van der Waals surface area contributed by atoms with Crippen LogP contribution in [0.3, 0.4) is 0 Å². The number of carbonyl (C=O) groups excluding carboxylic acids is 1. The second-order valence-corrected chi connectivity index (χ2v) is 6.71. The average molecular weight is 445 g/mol. The number of ether oxygens (including phenoxy) is 4. The topological polar surface area (TPSA) is 102 Å². The van der Waals surface area contributed by atoms with Crippen LogP contribution < -0.4 is 34.9 Å². The van der Waals surface area contributed by atoms with Gasteiger partial charge in [-0.1, -0.05) is 6.07 Å². The van der Waals surface area contributed by atoms with Crippen molar-refractivity contribution in [3.05, 3.63) is 42.0 Å². The highest BCUT2D eigenvalue weighted by Gasteiger charge is 2.13. The van der Waals surface area contributed by atoms with Gasteiger partial charge in [-0.15, -0.1) is 0 Å². The lowest BCUT2D eigenvalue weighted by atomic mass is 10.2. The van der Waals surface area contributed by atoms with Gasteiger partial charge in [-0.3, -0.25) is 4.79 Å². The number of carbonyl (C=O) groups is 1. The Bertz CT molecular complexity index is 892. The summed E-state index contributed by atoms with van der Waals surface area (Å²) >= 11 is 0. The van der Waals surface area contributed by atoms with Gasteiger partial charge in [-0.2, -0.15) is 0 Å². The van der Waals surface area contributed by atoms with Crippen molar-refractivity contribution >= 4 is 17.6 Å². The molecule has 0 atom stereocenters. The van der Waals surface area contributed by atoms with Crippen LogP contribution in [0, 0.1) is 0 Å².